The third-order valence-electron chi connectivity index (χ3n) is 4.75. The van der Waals surface area contributed by atoms with E-state index >= 15 is 0 Å². The third kappa shape index (κ3) is 4.22. The van der Waals surface area contributed by atoms with E-state index in [4.69, 9.17) is 4.74 Å². The van der Waals surface area contributed by atoms with Gasteiger partial charge in [-0.2, -0.15) is 0 Å². The third-order valence-corrected chi connectivity index (χ3v) is 4.75. The molecule has 0 aromatic rings. The molecule has 2 saturated carbocycles. The highest BCUT2D eigenvalue weighted by atomic mass is 16.5. The van der Waals surface area contributed by atoms with E-state index in [0.29, 0.717) is 6.10 Å². The van der Waals surface area contributed by atoms with Gasteiger partial charge in [0.05, 0.1) is 6.10 Å². The zero-order valence-corrected chi connectivity index (χ0v) is 12.2. The predicted octanol–water partition coefficient (Wildman–Crippen LogP) is 2.41. The molecule has 0 aromatic carbocycles. The van der Waals surface area contributed by atoms with E-state index in [1.165, 1.54) is 57.9 Å². The van der Waals surface area contributed by atoms with Gasteiger partial charge in [-0.3, -0.25) is 0 Å². The van der Waals surface area contributed by atoms with Crippen molar-refractivity contribution in [1.29, 1.82) is 0 Å². The summed E-state index contributed by atoms with van der Waals surface area (Å²) < 4.78 is 5.29. The molecule has 106 valence electrons. The summed E-state index contributed by atoms with van der Waals surface area (Å²) in [5.41, 5.74) is 0. The first-order valence-electron chi connectivity index (χ1n) is 7.76. The molecule has 0 radical (unpaired) electrons. The van der Waals surface area contributed by atoms with E-state index in [1.54, 1.807) is 0 Å². The highest BCUT2D eigenvalue weighted by Gasteiger charge is 2.28. The Morgan fingerprint density at radius 1 is 1.17 bits per heavy atom. The summed E-state index contributed by atoms with van der Waals surface area (Å²) in [5, 5.41) is 3.64. The summed E-state index contributed by atoms with van der Waals surface area (Å²) in [4.78, 5) is 2.58. The Hall–Kier alpha value is -0.120. The minimum Gasteiger partial charge on any atom is -0.381 e. The predicted molar refractivity (Wildman–Crippen MR) is 75.9 cm³/mol. The SMILES string of the molecule is COC1CC(NCCCN(C)C2CCCCC2)C1. The fraction of sp³-hybridized carbons (Fsp3) is 1.00. The zero-order valence-electron chi connectivity index (χ0n) is 12.2. The number of rotatable bonds is 7. The monoisotopic (exact) mass is 254 g/mol. The van der Waals surface area contributed by atoms with E-state index in [0.717, 1.165) is 18.6 Å². The average molecular weight is 254 g/mol. The largest absolute Gasteiger partial charge is 0.381 e. The number of ether oxygens (including phenoxy) is 1. The Balaban J connectivity index is 1.47. The molecule has 0 heterocycles. The van der Waals surface area contributed by atoms with E-state index in [9.17, 15) is 0 Å². The van der Waals surface area contributed by atoms with E-state index < -0.39 is 0 Å². The van der Waals surface area contributed by atoms with Crippen LogP contribution in [0.5, 0.6) is 0 Å². The van der Waals surface area contributed by atoms with Crippen LogP contribution in [-0.2, 0) is 4.74 Å². The van der Waals surface area contributed by atoms with E-state index in [2.05, 4.69) is 17.3 Å². The minimum atomic E-state index is 0.521. The van der Waals surface area contributed by atoms with E-state index in [-0.39, 0.29) is 0 Å². The second-order valence-electron chi connectivity index (χ2n) is 6.11. The standard InChI is InChI=1S/C15H30N2O/c1-17(14-7-4-3-5-8-14)10-6-9-16-13-11-15(12-13)18-2/h13-16H,3-12H2,1-2H3. The molecule has 2 fully saturated rings. The molecule has 0 amide bonds. The first kappa shape index (κ1) is 14.3. The molecule has 0 bridgehead atoms. The molecule has 3 nitrogen and oxygen atoms in total. The van der Waals surface area contributed by atoms with Crippen molar-refractivity contribution >= 4 is 0 Å². The van der Waals surface area contributed by atoms with Gasteiger partial charge in [-0.1, -0.05) is 19.3 Å². The van der Waals surface area contributed by atoms with Crippen LogP contribution in [0.15, 0.2) is 0 Å². The molecule has 0 atom stereocenters. The van der Waals surface area contributed by atoms with Gasteiger partial charge in [0, 0.05) is 19.2 Å². The van der Waals surface area contributed by atoms with Crippen molar-refractivity contribution in [1.82, 2.24) is 10.2 Å². The highest BCUT2D eigenvalue weighted by molar-refractivity contribution is 4.85. The summed E-state index contributed by atoms with van der Waals surface area (Å²) in [6, 6.07) is 1.58. The molecule has 1 N–H and O–H groups in total. The maximum atomic E-state index is 5.29. The van der Waals surface area contributed by atoms with Gasteiger partial charge in [-0.25, -0.2) is 0 Å². The summed E-state index contributed by atoms with van der Waals surface area (Å²) >= 11 is 0. The lowest BCUT2D eigenvalue weighted by molar-refractivity contribution is 0.0173. The van der Waals surface area contributed by atoms with Crippen LogP contribution >= 0.6 is 0 Å². The summed E-state index contributed by atoms with van der Waals surface area (Å²) in [6.45, 7) is 2.41. The molecule has 0 saturated heterocycles. The Bertz CT molecular complexity index is 223. The molecular weight excluding hydrogens is 224 g/mol. The van der Waals surface area contributed by atoms with Crippen molar-refractivity contribution in [2.45, 2.75) is 69.6 Å². The van der Waals surface area contributed by atoms with Crippen molar-refractivity contribution in [2.24, 2.45) is 0 Å². The van der Waals surface area contributed by atoms with Crippen molar-refractivity contribution in [2.75, 3.05) is 27.2 Å². The second kappa shape index (κ2) is 7.46. The highest BCUT2D eigenvalue weighted by Crippen LogP contribution is 2.23. The number of hydrogen-bond acceptors (Lipinski definition) is 3. The molecule has 0 aliphatic heterocycles. The smallest absolute Gasteiger partial charge is 0.0601 e. The molecule has 0 aromatic heterocycles. The van der Waals surface area contributed by atoms with Gasteiger partial charge in [-0.15, -0.1) is 0 Å². The molecule has 2 aliphatic rings. The van der Waals surface area contributed by atoms with Crippen molar-refractivity contribution in [3.05, 3.63) is 0 Å². The maximum absolute atomic E-state index is 5.29. The van der Waals surface area contributed by atoms with Crippen molar-refractivity contribution in [3.8, 4) is 0 Å². The molecule has 0 unspecified atom stereocenters. The molecule has 0 spiro atoms. The summed E-state index contributed by atoms with van der Waals surface area (Å²) in [6.07, 6.45) is 11.4. The van der Waals surface area contributed by atoms with Crippen LogP contribution < -0.4 is 5.32 Å². The molecule has 18 heavy (non-hydrogen) atoms. The first-order valence-corrected chi connectivity index (χ1v) is 7.76. The fourth-order valence-corrected chi connectivity index (χ4v) is 3.26. The van der Waals surface area contributed by atoms with Crippen molar-refractivity contribution < 1.29 is 4.74 Å². The Morgan fingerprint density at radius 2 is 1.89 bits per heavy atom. The minimum absolute atomic E-state index is 0.521. The molecular formula is C15H30N2O. The number of nitrogens with zero attached hydrogens (tertiary/aromatic N) is 1. The lowest BCUT2D eigenvalue weighted by Gasteiger charge is -2.35. The lowest BCUT2D eigenvalue weighted by atomic mass is 9.89. The van der Waals surface area contributed by atoms with Crippen LogP contribution in [-0.4, -0.2) is 50.3 Å². The van der Waals surface area contributed by atoms with Gasteiger partial charge in [0.1, 0.15) is 0 Å². The second-order valence-corrected chi connectivity index (χ2v) is 6.11. The van der Waals surface area contributed by atoms with Crippen LogP contribution in [0.4, 0.5) is 0 Å². The Morgan fingerprint density at radius 3 is 2.56 bits per heavy atom. The van der Waals surface area contributed by atoms with Gasteiger partial charge in [-0.05, 0) is 52.2 Å². The topological polar surface area (TPSA) is 24.5 Å². The van der Waals surface area contributed by atoms with Crippen LogP contribution in [0.3, 0.4) is 0 Å². The number of nitrogens with one attached hydrogen (secondary N) is 1. The van der Waals surface area contributed by atoms with Crippen molar-refractivity contribution in [3.63, 3.8) is 0 Å². The Labute approximate surface area is 112 Å². The van der Waals surface area contributed by atoms with Crippen LogP contribution in [0.25, 0.3) is 0 Å². The first-order chi connectivity index (χ1) is 8.79. The lowest BCUT2D eigenvalue weighted by Crippen LogP contribution is -2.45. The summed E-state index contributed by atoms with van der Waals surface area (Å²) in [5.74, 6) is 0. The van der Waals surface area contributed by atoms with Gasteiger partial charge >= 0.3 is 0 Å². The molecule has 3 heteroatoms. The Kier molecular flexibility index (Phi) is 5.93. The number of hydrogen-bond donors (Lipinski definition) is 1. The van der Waals surface area contributed by atoms with Crippen LogP contribution in [0, 0.1) is 0 Å². The van der Waals surface area contributed by atoms with Crippen LogP contribution in [0.2, 0.25) is 0 Å². The van der Waals surface area contributed by atoms with Gasteiger partial charge in [0.15, 0.2) is 0 Å². The normalized spacial score (nSPS) is 29.5. The van der Waals surface area contributed by atoms with Gasteiger partial charge in [0.25, 0.3) is 0 Å². The quantitative estimate of drug-likeness (QED) is 0.706. The van der Waals surface area contributed by atoms with E-state index in [1.807, 2.05) is 7.11 Å². The average Bonchev–Trinajstić information content (AvgIpc) is 2.37. The number of methoxy groups -OCH3 is 1. The summed E-state index contributed by atoms with van der Waals surface area (Å²) in [7, 11) is 4.13. The van der Waals surface area contributed by atoms with Crippen LogP contribution in [0.1, 0.15) is 51.4 Å². The fourth-order valence-electron chi connectivity index (χ4n) is 3.26. The molecule has 2 rings (SSSR count). The maximum Gasteiger partial charge on any atom is 0.0601 e. The zero-order chi connectivity index (χ0) is 12.8. The van der Waals surface area contributed by atoms with Gasteiger partial charge < -0.3 is 15.0 Å². The molecule has 2 aliphatic carbocycles. The van der Waals surface area contributed by atoms with Gasteiger partial charge in [0.2, 0.25) is 0 Å².